The molecule has 23 heavy (non-hydrogen) atoms. The van der Waals surface area contributed by atoms with Crippen molar-refractivity contribution >= 4 is 34.8 Å². The van der Waals surface area contributed by atoms with E-state index < -0.39 is 0 Å². The molecule has 0 aromatic carbocycles. The molecule has 1 aliphatic rings. The molecule has 1 fully saturated rings. The van der Waals surface area contributed by atoms with Crippen LogP contribution in [0.4, 0.5) is 9.93 Å². The van der Waals surface area contributed by atoms with Gasteiger partial charge in [0.05, 0.1) is 13.3 Å². The number of rotatable bonds is 4. The first-order valence-corrected chi connectivity index (χ1v) is 9.01. The van der Waals surface area contributed by atoms with Crippen LogP contribution in [0.15, 0.2) is 0 Å². The Morgan fingerprint density at radius 3 is 2.57 bits per heavy atom. The lowest BCUT2D eigenvalue weighted by Gasteiger charge is -2.33. The second kappa shape index (κ2) is 7.59. The summed E-state index contributed by atoms with van der Waals surface area (Å²) in [5.41, 5.74) is -0.0390. The number of nitrogens with zero attached hydrogens (tertiary/aromatic N) is 4. The van der Waals surface area contributed by atoms with Crippen LogP contribution in [0, 0.1) is 3.95 Å². The van der Waals surface area contributed by atoms with Crippen LogP contribution in [0.3, 0.4) is 0 Å². The largest absolute Gasteiger partial charge is 0.450 e. The van der Waals surface area contributed by atoms with E-state index >= 15 is 0 Å². The minimum Gasteiger partial charge on any atom is -0.450 e. The van der Waals surface area contributed by atoms with Gasteiger partial charge in [0.2, 0.25) is 5.13 Å². The van der Waals surface area contributed by atoms with E-state index in [0.717, 1.165) is 22.2 Å². The van der Waals surface area contributed by atoms with Crippen molar-refractivity contribution in [3.63, 3.8) is 0 Å². The summed E-state index contributed by atoms with van der Waals surface area (Å²) in [5.74, 6) is 0. The summed E-state index contributed by atoms with van der Waals surface area (Å²) in [6, 6.07) is 0. The predicted octanol–water partition coefficient (Wildman–Crippen LogP) is 2.62. The smallest absolute Gasteiger partial charge is 0.409 e. The Balaban J connectivity index is 1.89. The molecular formula is C14H25N5O2S2. The molecule has 7 nitrogen and oxygen atoms in total. The van der Waals surface area contributed by atoms with Gasteiger partial charge in [-0.25, -0.2) is 9.48 Å². The van der Waals surface area contributed by atoms with Gasteiger partial charge in [0.25, 0.3) is 0 Å². The van der Waals surface area contributed by atoms with Crippen LogP contribution in [-0.2, 0) is 11.4 Å². The van der Waals surface area contributed by atoms with Crippen LogP contribution in [-0.4, -0.2) is 64.0 Å². The van der Waals surface area contributed by atoms with Crippen molar-refractivity contribution in [2.45, 2.75) is 39.9 Å². The summed E-state index contributed by atoms with van der Waals surface area (Å²) < 4.78 is 7.63. The molecule has 0 radical (unpaired) electrons. The molecule has 9 heteroatoms. The number of nitrogens with one attached hydrogen (secondary N) is 1. The number of ether oxygens (including phenoxy) is 1. The first kappa shape index (κ1) is 18.2. The first-order valence-electron chi connectivity index (χ1n) is 7.78. The Hall–Kier alpha value is -1.19. The zero-order chi connectivity index (χ0) is 17.0. The summed E-state index contributed by atoms with van der Waals surface area (Å²) in [7, 11) is 0. The molecule has 0 atom stereocenters. The normalized spacial score (nSPS) is 16.4. The second-order valence-corrected chi connectivity index (χ2v) is 8.12. The van der Waals surface area contributed by atoms with Crippen molar-refractivity contribution in [2.75, 3.05) is 38.1 Å². The number of anilines is 1. The van der Waals surface area contributed by atoms with E-state index in [2.05, 4.69) is 36.1 Å². The maximum Gasteiger partial charge on any atom is 0.409 e. The lowest BCUT2D eigenvalue weighted by atomic mass is 10.1. The number of amides is 1. The third-order valence-electron chi connectivity index (χ3n) is 3.32. The van der Waals surface area contributed by atoms with Gasteiger partial charge < -0.3 is 15.0 Å². The molecule has 0 aliphatic carbocycles. The Morgan fingerprint density at radius 1 is 1.35 bits per heavy atom. The summed E-state index contributed by atoms with van der Waals surface area (Å²) in [6.45, 7) is 12.1. The number of piperazine rings is 1. The van der Waals surface area contributed by atoms with Gasteiger partial charge in [-0.1, -0.05) is 11.3 Å². The van der Waals surface area contributed by atoms with Crippen LogP contribution in [0.5, 0.6) is 0 Å². The number of hydrogen-bond acceptors (Lipinski definition) is 7. The average molecular weight is 360 g/mol. The molecule has 2 rings (SSSR count). The zero-order valence-electron chi connectivity index (χ0n) is 14.2. The van der Waals surface area contributed by atoms with Crippen molar-refractivity contribution in [1.82, 2.24) is 19.6 Å². The molecular weight excluding hydrogens is 334 g/mol. The molecule has 0 saturated carbocycles. The topological polar surface area (TPSA) is 62.6 Å². The van der Waals surface area contributed by atoms with Gasteiger partial charge in [-0.2, -0.15) is 0 Å². The van der Waals surface area contributed by atoms with Gasteiger partial charge in [-0.05, 0) is 39.9 Å². The van der Waals surface area contributed by atoms with Gasteiger partial charge >= 0.3 is 6.09 Å². The summed E-state index contributed by atoms with van der Waals surface area (Å²) in [6.07, 6.45) is -0.228. The van der Waals surface area contributed by atoms with E-state index in [4.69, 9.17) is 17.0 Å². The van der Waals surface area contributed by atoms with Gasteiger partial charge in [0.1, 0.15) is 0 Å². The van der Waals surface area contributed by atoms with Crippen molar-refractivity contribution in [3.05, 3.63) is 3.95 Å². The van der Waals surface area contributed by atoms with Crippen LogP contribution in [0.1, 0.15) is 27.7 Å². The molecule has 1 N–H and O–H groups in total. The number of carbonyl (C=O) groups excluding carboxylic acids is 1. The number of hydrogen-bond donors (Lipinski definition) is 1. The Labute approximate surface area is 146 Å². The molecule has 130 valence electrons. The highest BCUT2D eigenvalue weighted by Crippen LogP contribution is 2.19. The van der Waals surface area contributed by atoms with Gasteiger partial charge in [-0.3, -0.25) is 4.90 Å². The zero-order valence-corrected chi connectivity index (χ0v) is 15.8. The van der Waals surface area contributed by atoms with Crippen LogP contribution < -0.4 is 5.32 Å². The first-order chi connectivity index (χ1) is 10.8. The minimum atomic E-state index is -0.228. The van der Waals surface area contributed by atoms with Crippen LogP contribution in [0.25, 0.3) is 0 Å². The lowest BCUT2D eigenvalue weighted by Crippen LogP contribution is -2.49. The molecule has 1 aromatic rings. The summed E-state index contributed by atoms with van der Waals surface area (Å²) in [4.78, 5) is 15.7. The molecule has 2 heterocycles. The highest BCUT2D eigenvalue weighted by atomic mass is 32.1. The van der Waals surface area contributed by atoms with Crippen molar-refractivity contribution < 1.29 is 9.53 Å². The Bertz CT molecular complexity index is 585. The highest BCUT2D eigenvalue weighted by Gasteiger charge is 2.22. The highest BCUT2D eigenvalue weighted by molar-refractivity contribution is 7.73. The van der Waals surface area contributed by atoms with E-state index in [9.17, 15) is 4.79 Å². The van der Waals surface area contributed by atoms with E-state index in [1.807, 2.05) is 11.6 Å². The SMILES string of the molecule is CCOC(=O)N1CCN(Cn2nc(NC(C)(C)C)sc2=S)CC1. The van der Waals surface area contributed by atoms with Crippen molar-refractivity contribution in [1.29, 1.82) is 0 Å². The van der Waals surface area contributed by atoms with Gasteiger partial charge in [0, 0.05) is 31.7 Å². The number of aromatic nitrogens is 2. The van der Waals surface area contributed by atoms with Crippen LogP contribution in [0.2, 0.25) is 0 Å². The third-order valence-corrected chi connectivity index (χ3v) is 4.54. The average Bonchev–Trinajstić information content (AvgIpc) is 2.77. The fourth-order valence-electron chi connectivity index (χ4n) is 2.24. The summed E-state index contributed by atoms with van der Waals surface area (Å²) >= 11 is 6.88. The van der Waals surface area contributed by atoms with E-state index in [0.29, 0.717) is 26.4 Å². The molecule has 1 amide bonds. The van der Waals surface area contributed by atoms with Gasteiger partial charge in [0.15, 0.2) is 3.95 Å². The quantitative estimate of drug-likeness (QED) is 0.834. The monoisotopic (exact) mass is 359 g/mol. The van der Waals surface area contributed by atoms with E-state index in [1.54, 1.807) is 4.90 Å². The fraction of sp³-hybridized carbons (Fsp3) is 0.786. The van der Waals surface area contributed by atoms with E-state index in [-0.39, 0.29) is 11.6 Å². The summed E-state index contributed by atoms with van der Waals surface area (Å²) in [5, 5.41) is 8.73. The second-order valence-electron chi connectivity index (χ2n) is 6.49. The molecule has 1 saturated heterocycles. The van der Waals surface area contributed by atoms with E-state index in [1.165, 1.54) is 11.3 Å². The Kier molecular flexibility index (Phi) is 5.99. The molecule has 0 spiro atoms. The predicted molar refractivity (Wildman–Crippen MR) is 94.5 cm³/mol. The maximum atomic E-state index is 11.7. The Morgan fingerprint density at radius 2 is 2.00 bits per heavy atom. The minimum absolute atomic E-state index is 0.0390. The third kappa shape index (κ3) is 5.43. The fourth-order valence-corrected chi connectivity index (χ4v) is 3.44. The van der Waals surface area contributed by atoms with Crippen LogP contribution >= 0.6 is 23.6 Å². The molecule has 1 aromatic heterocycles. The lowest BCUT2D eigenvalue weighted by molar-refractivity contribution is 0.0693. The van der Waals surface area contributed by atoms with Crippen molar-refractivity contribution in [2.24, 2.45) is 0 Å². The molecule has 0 unspecified atom stereocenters. The molecule has 0 bridgehead atoms. The number of carbonyl (C=O) groups is 1. The maximum absolute atomic E-state index is 11.7. The standard InChI is InChI=1S/C14H25N5O2S2/c1-5-21-12(20)18-8-6-17(7-9-18)10-19-13(22)23-11(16-19)15-14(2,3)4/h5-10H2,1-4H3,(H,15,16). The van der Waals surface area contributed by atoms with Gasteiger partial charge in [-0.15, -0.1) is 5.10 Å². The van der Waals surface area contributed by atoms with Crippen molar-refractivity contribution in [3.8, 4) is 0 Å². The molecule has 1 aliphatic heterocycles.